The molecule has 1 aliphatic rings. The number of hydrogen-bond donors (Lipinski definition) is 1. The summed E-state index contributed by atoms with van der Waals surface area (Å²) in [6, 6.07) is 3.54. The summed E-state index contributed by atoms with van der Waals surface area (Å²) in [5.74, 6) is -1.16. The SMILES string of the molecule is CN(C)C(=O)c1ccc(N2CC[C@H](N)C2=O)c(F)c1.Cl. The molecule has 1 aliphatic heterocycles. The maximum Gasteiger partial charge on any atom is 0.253 e. The van der Waals surface area contributed by atoms with Crippen LogP contribution in [0.2, 0.25) is 0 Å². The van der Waals surface area contributed by atoms with E-state index < -0.39 is 11.9 Å². The van der Waals surface area contributed by atoms with Gasteiger partial charge in [0.2, 0.25) is 5.91 Å². The Morgan fingerprint density at radius 3 is 2.55 bits per heavy atom. The fourth-order valence-electron chi connectivity index (χ4n) is 2.06. The van der Waals surface area contributed by atoms with Gasteiger partial charge in [0.15, 0.2) is 0 Å². The first-order valence-corrected chi connectivity index (χ1v) is 6.00. The molecule has 1 heterocycles. The van der Waals surface area contributed by atoms with Crippen LogP contribution in [-0.4, -0.2) is 43.4 Å². The Kier molecular flexibility index (Phi) is 5.08. The summed E-state index contributed by atoms with van der Waals surface area (Å²) in [5, 5.41) is 0. The third kappa shape index (κ3) is 2.91. The number of anilines is 1. The van der Waals surface area contributed by atoms with Gasteiger partial charge in [-0.05, 0) is 24.6 Å². The van der Waals surface area contributed by atoms with Crippen LogP contribution in [-0.2, 0) is 4.79 Å². The third-order valence-corrected chi connectivity index (χ3v) is 3.14. The van der Waals surface area contributed by atoms with Crippen LogP contribution in [0.5, 0.6) is 0 Å². The Morgan fingerprint density at radius 2 is 2.10 bits per heavy atom. The lowest BCUT2D eigenvalue weighted by Crippen LogP contribution is -2.34. The highest BCUT2D eigenvalue weighted by Crippen LogP contribution is 2.25. The van der Waals surface area contributed by atoms with Crippen molar-refractivity contribution in [3.63, 3.8) is 0 Å². The molecule has 2 rings (SSSR count). The summed E-state index contributed by atoms with van der Waals surface area (Å²) in [7, 11) is 3.19. The summed E-state index contributed by atoms with van der Waals surface area (Å²) in [5.41, 5.74) is 6.03. The first-order chi connectivity index (χ1) is 8.91. The van der Waals surface area contributed by atoms with Crippen molar-refractivity contribution in [3.05, 3.63) is 29.6 Å². The van der Waals surface area contributed by atoms with Gasteiger partial charge in [0, 0.05) is 26.2 Å². The van der Waals surface area contributed by atoms with Gasteiger partial charge in [-0.15, -0.1) is 12.4 Å². The summed E-state index contributed by atoms with van der Waals surface area (Å²) < 4.78 is 14.0. The Hall–Kier alpha value is -1.66. The molecular formula is C13H17ClFN3O2. The Labute approximate surface area is 122 Å². The van der Waals surface area contributed by atoms with Crippen molar-refractivity contribution < 1.29 is 14.0 Å². The number of carbonyl (C=O) groups is 2. The molecular weight excluding hydrogens is 285 g/mol. The average Bonchev–Trinajstić information content (AvgIpc) is 2.69. The van der Waals surface area contributed by atoms with Crippen molar-refractivity contribution in [1.82, 2.24) is 4.90 Å². The molecule has 5 nitrogen and oxygen atoms in total. The lowest BCUT2D eigenvalue weighted by Gasteiger charge is -2.18. The normalized spacial score (nSPS) is 17.9. The largest absolute Gasteiger partial charge is 0.345 e. The Bertz CT molecular complexity index is 536. The first-order valence-electron chi connectivity index (χ1n) is 6.00. The molecule has 7 heteroatoms. The minimum absolute atomic E-state index is 0. The minimum Gasteiger partial charge on any atom is -0.345 e. The number of rotatable bonds is 2. The van der Waals surface area contributed by atoms with E-state index in [1.807, 2.05) is 0 Å². The molecule has 0 aromatic heterocycles. The molecule has 110 valence electrons. The fourth-order valence-corrected chi connectivity index (χ4v) is 2.06. The molecule has 0 saturated carbocycles. The van der Waals surface area contributed by atoms with Crippen LogP contribution in [0.15, 0.2) is 18.2 Å². The second-order valence-electron chi connectivity index (χ2n) is 4.75. The quantitative estimate of drug-likeness (QED) is 0.886. The van der Waals surface area contributed by atoms with E-state index in [-0.39, 0.29) is 35.5 Å². The minimum atomic E-state index is -0.588. The van der Waals surface area contributed by atoms with E-state index >= 15 is 0 Å². The fraction of sp³-hybridized carbons (Fsp3) is 0.385. The van der Waals surface area contributed by atoms with Gasteiger partial charge in [-0.2, -0.15) is 0 Å². The molecule has 1 fully saturated rings. The smallest absolute Gasteiger partial charge is 0.253 e. The molecule has 0 aliphatic carbocycles. The molecule has 1 saturated heterocycles. The second-order valence-corrected chi connectivity index (χ2v) is 4.75. The second kappa shape index (κ2) is 6.19. The molecule has 0 bridgehead atoms. The number of nitrogens with zero attached hydrogens (tertiary/aromatic N) is 2. The molecule has 0 spiro atoms. The van der Waals surface area contributed by atoms with Gasteiger partial charge in [0.1, 0.15) is 5.82 Å². The van der Waals surface area contributed by atoms with Gasteiger partial charge in [0.25, 0.3) is 5.91 Å². The topological polar surface area (TPSA) is 66.6 Å². The standard InChI is InChI=1S/C13H16FN3O2.ClH/c1-16(2)12(18)8-3-4-11(9(14)7-8)17-6-5-10(15)13(17)19;/h3-4,7,10H,5-6,15H2,1-2H3;1H/t10-;/m0./s1. The third-order valence-electron chi connectivity index (χ3n) is 3.14. The maximum atomic E-state index is 14.0. The summed E-state index contributed by atoms with van der Waals surface area (Å²) in [6.07, 6.45) is 0.511. The number of halogens is 2. The van der Waals surface area contributed by atoms with Gasteiger partial charge in [-0.1, -0.05) is 0 Å². The van der Waals surface area contributed by atoms with Crippen molar-refractivity contribution in [2.24, 2.45) is 5.73 Å². The van der Waals surface area contributed by atoms with E-state index in [4.69, 9.17) is 5.73 Å². The lowest BCUT2D eigenvalue weighted by atomic mass is 10.1. The maximum absolute atomic E-state index is 14.0. The van der Waals surface area contributed by atoms with Crippen molar-refractivity contribution in [2.75, 3.05) is 25.5 Å². The van der Waals surface area contributed by atoms with Crippen molar-refractivity contribution in [1.29, 1.82) is 0 Å². The van der Waals surface area contributed by atoms with Crippen LogP contribution < -0.4 is 10.6 Å². The van der Waals surface area contributed by atoms with Crippen LogP contribution in [0.3, 0.4) is 0 Å². The van der Waals surface area contributed by atoms with E-state index in [2.05, 4.69) is 0 Å². The Balaban J connectivity index is 0.00000200. The molecule has 1 atom stereocenters. The van der Waals surface area contributed by atoms with Crippen LogP contribution in [0.25, 0.3) is 0 Å². The predicted molar refractivity (Wildman–Crippen MR) is 76.6 cm³/mol. The molecule has 0 radical (unpaired) electrons. The van der Waals surface area contributed by atoms with Crippen molar-refractivity contribution in [3.8, 4) is 0 Å². The molecule has 1 aromatic carbocycles. The number of benzene rings is 1. The van der Waals surface area contributed by atoms with E-state index in [9.17, 15) is 14.0 Å². The lowest BCUT2D eigenvalue weighted by molar-refractivity contribution is -0.118. The number of hydrogen-bond acceptors (Lipinski definition) is 3. The van der Waals surface area contributed by atoms with Gasteiger partial charge < -0.3 is 15.5 Å². The number of carbonyl (C=O) groups excluding carboxylic acids is 2. The highest BCUT2D eigenvalue weighted by Gasteiger charge is 2.31. The zero-order valence-corrected chi connectivity index (χ0v) is 12.1. The molecule has 1 aromatic rings. The van der Waals surface area contributed by atoms with Gasteiger partial charge >= 0.3 is 0 Å². The summed E-state index contributed by atoms with van der Waals surface area (Å²) >= 11 is 0. The van der Waals surface area contributed by atoms with Gasteiger partial charge in [-0.25, -0.2) is 4.39 Å². The summed E-state index contributed by atoms with van der Waals surface area (Å²) in [6.45, 7) is 0.401. The zero-order valence-electron chi connectivity index (χ0n) is 11.3. The molecule has 0 unspecified atom stereocenters. The highest BCUT2D eigenvalue weighted by atomic mass is 35.5. The average molecular weight is 302 g/mol. The highest BCUT2D eigenvalue weighted by molar-refractivity contribution is 6.00. The first kappa shape index (κ1) is 16.4. The summed E-state index contributed by atoms with van der Waals surface area (Å²) in [4.78, 5) is 26.1. The van der Waals surface area contributed by atoms with E-state index in [1.165, 1.54) is 21.9 Å². The van der Waals surface area contributed by atoms with Crippen molar-refractivity contribution >= 4 is 29.9 Å². The predicted octanol–water partition coefficient (Wildman–Crippen LogP) is 1.01. The van der Waals surface area contributed by atoms with E-state index in [0.29, 0.717) is 13.0 Å². The van der Waals surface area contributed by atoms with Crippen LogP contribution in [0, 0.1) is 5.82 Å². The molecule has 2 N–H and O–H groups in total. The van der Waals surface area contributed by atoms with Gasteiger partial charge in [-0.3, -0.25) is 9.59 Å². The van der Waals surface area contributed by atoms with Crippen LogP contribution in [0.1, 0.15) is 16.8 Å². The van der Waals surface area contributed by atoms with E-state index in [0.717, 1.165) is 6.07 Å². The molecule has 2 amide bonds. The zero-order chi connectivity index (χ0) is 14.2. The van der Waals surface area contributed by atoms with Crippen LogP contribution in [0.4, 0.5) is 10.1 Å². The molecule has 20 heavy (non-hydrogen) atoms. The monoisotopic (exact) mass is 301 g/mol. The Morgan fingerprint density at radius 1 is 1.45 bits per heavy atom. The number of amides is 2. The number of nitrogens with two attached hydrogens (primary N) is 1. The van der Waals surface area contributed by atoms with Crippen LogP contribution >= 0.6 is 12.4 Å². The van der Waals surface area contributed by atoms with Crippen molar-refractivity contribution in [2.45, 2.75) is 12.5 Å². The van der Waals surface area contributed by atoms with Gasteiger partial charge in [0.05, 0.1) is 11.7 Å². The van der Waals surface area contributed by atoms with E-state index in [1.54, 1.807) is 14.1 Å².